The molecule has 0 spiro atoms. The van der Waals surface area contributed by atoms with E-state index in [0.717, 1.165) is 6.42 Å². The predicted octanol–water partition coefficient (Wildman–Crippen LogP) is 3.01. The van der Waals surface area contributed by atoms with Crippen LogP contribution in [0.25, 0.3) is 0 Å². The maximum absolute atomic E-state index is 9.83. The fraction of sp³-hybridized carbons (Fsp3) is 0.500. The van der Waals surface area contributed by atoms with Gasteiger partial charge in [0, 0.05) is 5.57 Å². The van der Waals surface area contributed by atoms with Crippen molar-refractivity contribution in [2.24, 2.45) is 0 Å². The molecule has 0 unspecified atom stereocenters. The lowest BCUT2D eigenvalue weighted by atomic mass is 10.2. The molecule has 0 aromatic heterocycles. The minimum absolute atomic E-state index is 0.264. The van der Waals surface area contributed by atoms with Crippen molar-refractivity contribution in [3.63, 3.8) is 0 Å². The van der Waals surface area contributed by atoms with Gasteiger partial charge in [0.1, 0.15) is 0 Å². The zero-order valence-corrected chi connectivity index (χ0v) is 8.18. The normalized spacial score (nSPS) is 7.92. The van der Waals surface area contributed by atoms with Crippen LogP contribution in [0, 0.1) is 0 Å². The molecule has 0 rings (SSSR count). The van der Waals surface area contributed by atoms with E-state index in [2.05, 4.69) is 20.1 Å². The van der Waals surface area contributed by atoms with Crippen molar-refractivity contribution < 1.29 is 9.90 Å². The molecule has 0 aromatic rings. The molecule has 0 amide bonds. The second-order valence-electron chi connectivity index (χ2n) is 2.57. The van der Waals surface area contributed by atoms with Crippen molar-refractivity contribution in [2.45, 2.75) is 33.6 Å². The average Bonchev–Trinajstić information content (AvgIpc) is 2.04. The average molecular weight is 170 g/mol. The highest BCUT2D eigenvalue weighted by Gasteiger charge is 1.96. The first kappa shape index (κ1) is 13.5. The summed E-state index contributed by atoms with van der Waals surface area (Å²) >= 11 is 0. The number of carbonyl (C=O) groups is 1. The number of carboxylic acid groups (broad SMARTS) is 1. The molecule has 0 heterocycles. The Morgan fingerprint density at radius 2 is 1.58 bits per heavy atom. The summed E-state index contributed by atoms with van der Waals surface area (Å²) in [7, 11) is 0. The minimum atomic E-state index is -0.900. The van der Waals surface area contributed by atoms with Crippen LogP contribution in [-0.2, 0) is 4.79 Å². The summed E-state index contributed by atoms with van der Waals surface area (Å²) in [6.45, 7) is 12.8. The Kier molecular flexibility index (Phi) is 9.08. The molecule has 0 aliphatic rings. The van der Waals surface area contributed by atoms with Crippen LogP contribution in [0.4, 0.5) is 0 Å². The van der Waals surface area contributed by atoms with Crippen LogP contribution < -0.4 is 0 Å². The number of allylic oxidation sites excluding steroid dienone is 1. The first-order chi connectivity index (χ1) is 5.45. The molecule has 0 aliphatic carbocycles. The van der Waals surface area contributed by atoms with Crippen LogP contribution in [-0.4, -0.2) is 11.1 Å². The molecule has 12 heavy (non-hydrogen) atoms. The summed E-state index contributed by atoms with van der Waals surface area (Å²) in [6, 6.07) is 0. The summed E-state index contributed by atoms with van der Waals surface area (Å²) < 4.78 is 0. The quantitative estimate of drug-likeness (QED) is 0.522. The maximum atomic E-state index is 9.83. The van der Waals surface area contributed by atoms with Gasteiger partial charge in [0.2, 0.25) is 0 Å². The molecule has 2 nitrogen and oxygen atoms in total. The van der Waals surface area contributed by atoms with E-state index in [1.165, 1.54) is 5.57 Å². The molecule has 70 valence electrons. The largest absolute Gasteiger partial charge is 0.478 e. The summed E-state index contributed by atoms with van der Waals surface area (Å²) in [4.78, 5) is 9.83. The van der Waals surface area contributed by atoms with E-state index in [4.69, 9.17) is 5.11 Å². The minimum Gasteiger partial charge on any atom is -0.478 e. The van der Waals surface area contributed by atoms with Crippen LogP contribution in [0.5, 0.6) is 0 Å². The zero-order valence-electron chi connectivity index (χ0n) is 8.18. The highest BCUT2D eigenvalue weighted by molar-refractivity contribution is 5.85. The smallest absolute Gasteiger partial charge is 0.330 e. The maximum Gasteiger partial charge on any atom is 0.330 e. The Labute approximate surface area is 74.6 Å². The molecule has 0 radical (unpaired) electrons. The molecule has 2 heteroatoms. The monoisotopic (exact) mass is 170 g/mol. The van der Waals surface area contributed by atoms with E-state index in [1.54, 1.807) is 6.92 Å². The fourth-order valence-electron chi connectivity index (χ4n) is 0.151. The molecular weight excluding hydrogens is 152 g/mol. The third-order valence-electron chi connectivity index (χ3n) is 1.33. The summed E-state index contributed by atoms with van der Waals surface area (Å²) in [5.41, 5.74) is 1.52. The lowest BCUT2D eigenvalue weighted by molar-refractivity contribution is -0.132. The van der Waals surface area contributed by atoms with E-state index in [-0.39, 0.29) is 5.57 Å². The van der Waals surface area contributed by atoms with Gasteiger partial charge >= 0.3 is 5.97 Å². The highest BCUT2D eigenvalue weighted by Crippen LogP contribution is 1.93. The lowest BCUT2D eigenvalue weighted by Gasteiger charge is -1.87. The number of hydrogen-bond donors (Lipinski definition) is 1. The van der Waals surface area contributed by atoms with Gasteiger partial charge in [0.05, 0.1) is 0 Å². The molecule has 0 aliphatic heterocycles. The molecule has 1 N–H and O–H groups in total. The third kappa shape index (κ3) is 11.7. The molecule has 0 saturated carbocycles. The molecule has 0 bridgehead atoms. The van der Waals surface area contributed by atoms with E-state index < -0.39 is 5.97 Å². The summed E-state index contributed by atoms with van der Waals surface area (Å²) in [6.07, 6.45) is 1.63. The van der Waals surface area contributed by atoms with Gasteiger partial charge in [-0.15, -0.1) is 6.58 Å². The van der Waals surface area contributed by atoms with Gasteiger partial charge in [-0.1, -0.05) is 26.0 Å². The summed E-state index contributed by atoms with van der Waals surface area (Å²) in [5, 5.41) is 8.08. The predicted molar refractivity (Wildman–Crippen MR) is 52.2 cm³/mol. The van der Waals surface area contributed by atoms with Gasteiger partial charge in [0.25, 0.3) is 0 Å². The Bertz CT molecular complexity index is 169. The molecule has 0 atom stereocenters. The second-order valence-corrected chi connectivity index (χ2v) is 2.57. The van der Waals surface area contributed by atoms with Crippen LogP contribution in [0.15, 0.2) is 24.3 Å². The van der Waals surface area contributed by atoms with Crippen molar-refractivity contribution in [1.29, 1.82) is 0 Å². The first-order valence-electron chi connectivity index (χ1n) is 4.01. The molecule has 0 aromatic carbocycles. The number of rotatable bonds is 3. The van der Waals surface area contributed by atoms with Crippen LogP contribution in [0.3, 0.4) is 0 Å². The topological polar surface area (TPSA) is 37.3 Å². The van der Waals surface area contributed by atoms with E-state index in [1.807, 2.05) is 6.92 Å². The van der Waals surface area contributed by atoms with Gasteiger partial charge in [-0.25, -0.2) is 4.79 Å². The van der Waals surface area contributed by atoms with Crippen LogP contribution in [0.2, 0.25) is 0 Å². The van der Waals surface area contributed by atoms with E-state index >= 15 is 0 Å². The van der Waals surface area contributed by atoms with Gasteiger partial charge < -0.3 is 5.11 Å². The SMILES string of the molecule is C=C(C)CC.C=C(CC)C(=O)O. The van der Waals surface area contributed by atoms with Gasteiger partial charge in [-0.05, 0) is 19.8 Å². The van der Waals surface area contributed by atoms with Gasteiger partial charge in [-0.3, -0.25) is 0 Å². The number of hydrogen-bond acceptors (Lipinski definition) is 1. The first-order valence-corrected chi connectivity index (χ1v) is 4.01. The van der Waals surface area contributed by atoms with Crippen molar-refractivity contribution >= 4 is 5.97 Å². The highest BCUT2D eigenvalue weighted by atomic mass is 16.4. The van der Waals surface area contributed by atoms with Crippen molar-refractivity contribution in [2.75, 3.05) is 0 Å². The Morgan fingerprint density at radius 3 is 1.58 bits per heavy atom. The molecule has 0 fully saturated rings. The molecule has 0 saturated heterocycles. The Hall–Kier alpha value is -1.05. The standard InChI is InChI=1S/C5H8O2.C5H10/c1-3-4(2)5(6)7;1-4-5(2)3/h2-3H2,1H3,(H,6,7);2,4H2,1,3H3. The fourth-order valence-corrected chi connectivity index (χ4v) is 0.151. The third-order valence-corrected chi connectivity index (χ3v) is 1.33. The van der Waals surface area contributed by atoms with Crippen LogP contribution >= 0.6 is 0 Å². The van der Waals surface area contributed by atoms with Gasteiger partial charge in [0.15, 0.2) is 0 Å². The van der Waals surface area contributed by atoms with E-state index in [9.17, 15) is 4.79 Å². The summed E-state index contributed by atoms with van der Waals surface area (Å²) in [5.74, 6) is -0.900. The van der Waals surface area contributed by atoms with Crippen molar-refractivity contribution in [1.82, 2.24) is 0 Å². The van der Waals surface area contributed by atoms with Crippen molar-refractivity contribution in [3.8, 4) is 0 Å². The number of aliphatic carboxylic acids is 1. The zero-order chi connectivity index (χ0) is 10.1. The van der Waals surface area contributed by atoms with Crippen LogP contribution in [0.1, 0.15) is 33.6 Å². The van der Waals surface area contributed by atoms with Crippen molar-refractivity contribution in [3.05, 3.63) is 24.3 Å². The molecular formula is C10H18O2. The Morgan fingerprint density at radius 1 is 1.25 bits per heavy atom. The lowest BCUT2D eigenvalue weighted by Crippen LogP contribution is -1.95. The van der Waals surface area contributed by atoms with E-state index in [0.29, 0.717) is 6.42 Å². The Balaban J connectivity index is 0. The number of carboxylic acids is 1. The second kappa shape index (κ2) is 8.05. The van der Waals surface area contributed by atoms with Gasteiger partial charge in [-0.2, -0.15) is 0 Å².